The molecule has 0 heterocycles. The van der Waals surface area contributed by atoms with Crippen LogP contribution in [0.25, 0.3) is 0 Å². The number of quaternary nitrogens is 1. The quantitative estimate of drug-likeness (QED) is 0.0192. The Bertz CT molecular complexity index is 2740. The van der Waals surface area contributed by atoms with Gasteiger partial charge in [-0.15, -0.1) is 0 Å². The van der Waals surface area contributed by atoms with Gasteiger partial charge in [-0.25, -0.2) is 0 Å². The van der Waals surface area contributed by atoms with Crippen LogP contribution in [0, 0.1) is 94.7 Å². The zero-order valence-corrected chi connectivity index (χ0v) is 104. The molecule has 0 fully saturated rings. The van der Waals surface area contributed by atoms with Crippen molar-refractivity contribution in [2.45, 2.75) is 582 Å². The van der Waals surface area contributed by atoms with Gasteiger partial charge in [-0.3, -0.25) is 28.2 Å². The summed E-state index contributed by atoms with van der Waals surface area (Å²) in [6.45, 7) is 58.7. The van der Waals surface area contributed by atoms with Gasteiger partial charge < -0.3 is 61.4 Å². The van der Waals surface area contributed by atoms with Crippen molar-refractivity contribution in [3.63, 3.8) is 0 Å². The summed E-state index contributed by atoms with van der Waals surface area (Å²) in [5, 5.41) is 27.4. The molecule has 20 heteroatoms. The average Bonchev–Trinajstić information content (AvgIpc) is 0.933. The number of esters is 4. The highest BCUT2D eigenvalue weighted by atomic mass is 35.5. The summed E-state index contributed by atoms with van der Waals surface area (Å²) in [5.41, 5.74) is 0. The van der Waals surface area contributed by atoms with Crippen molar-refractivity contribution >= 4 is 40.0 Å². The second-order valence-corrected chi connectivity index (χ2v) is 50.4. The molecule has 0 aromatic heterocycles. The minimum Gasteiger partial charge on any atom is -1.00 e. The summed E-state index contributed by atoms with van der Waals surface area (Å²) in [5.74, 6) is 12.4. The highest BCUT2D eigenvalue weighted by molar-refractivity contribution is 7.86. The van der Waals surface area contributed by atoms with E-state index in [1.54, 1.807) is 13.8 Å². The van der Waals surface area contributed by atoms with Crippen LogP contribution >= 0.6 is 0 Å². The number of carbonyl (C=O) groups is 5. The summed E-state index contributed by atoms with van der Waals surface area (Å²) in [7, 11) is 9.26. The van der Waals surface area contributed by atoms with Gasteiger partial charge in [0.15, 0.2) is 0 Å². The van der Waals surface area contributed by atoms with Crippen LogP contribution in [-0.2, 0) is 57.2 Å². The molecule has 0 aliphatic rings. The molecule has 0 bridgehead atoms. The van der Waals surface area contributed by atoms with Crippen molar-refractivity contribution in [1.29, 1.82) is 0 Å². The lowest BCUT2D eigenvalue weighted by Gasteiger charge is -2.22. The summed E-state index contributed by atoms with van der Waals surface area (Å²) >= 11 is 0. The van der Waals surface area contributed by atoms with E-state index in [1.807, 2.05) is 6.92 Å². The third-order valence-electron chi connectivity index (χ3n) is 29.1. The number of halogens is 1. The molecule has 0 aliphatic heterocycles. The monoisotopic (exact) mass is 2110 g/mol. The number of hydrogen-bond donors (Lipinski definition) is 4. The maximum atomic E-state index is 12.9. The highest BCUT2D eigenvalue weighted by Crippen LogP contribution is 2.31. The second-order valence-electron chi connectivity index (χ2n) is 48.8. The lowest BCUT2D eigenvalue weighted by Crippen LogP contribution is -3.05. The van der Waals surface area contributed by atoms with E-state index < -0.39 is 16.1 Å². The molecule has 0 saturated heterocycles. The molecular formula is C125H256ClN3O15S. The fraction of sp³-hybridized carbons (Fsp3) is 0.960. The van der Waals surface area contributed by atoms with Gasteiger partial charge in [0, 0.05) is 38.7 Å². The molecule has 0 saturated carbocycles. The Morgan fingerprint density at radius 2 is 0.503 bits per heavy atom. The molecule has 0 rings (SSSR count). The van der Waals surface area contributed by atoms with Crippen LogP contribution in [0.5, 0.6) is 0 Å². The van der Waals surface area contributed by atoms with Crippen molar-refractivity contribution in [3.8, 4) is 0 Å². The number of aliphatic carboxylic acids is 1. The van der Waals surface area contributed by atoms with E-state index in [2.05, 4.69) is 195 Å². The molecule has 18 nitrogen and oxygen atoms in total. The zero-order chi connectivity index (χ0) is 110. The number of rotatable bonds is 94. The first-order chi connectivity index (χ1) is 68.1. The minimum absolute atomic E-state index is 0. The van der Waals surface area contributed by atoms with E-state index in [-0.39, 0.29) is 61.7 Å². The Hall–Kier alpha value is -2.65. The first-order valence-electron chi connectivity index (χ1n) is 61.2. The first kappa shape index (κ1) is 155. The summed E-state index contributed by atoms with van der Waals surface area (Å²) in [4.78, 5) is 61.3. The van der Waals surface area contributed by atoms with Gasteiger partial charge in [-0.05, 0) is 279 Å². The Kier molecular flexibility index (Phi) is 119. The van der Waals surface area contributed by atoms with Crippen LogP contribution in [-0.4, -0.2) is 177 Å². The number of aliphatic hydroxyl groups excluding tert-OH is 2. The molecule has 12 atom stereocenters. The second kappa shape index (κ2) is 111. The van der Waals surface area contributed by atoms with Crippen molar-refractivity contribution < 1.29 is 88.1 Å². The number of ether oxygens (including phenoxy) is 4. The lowest BCUT2D eigenvalue weighted by molar-refractivity contribution is -0.858. The molecule has 0 radical (unpaired) electrons. The SMILES string of the molecule is CC(C)CCCC(C)CCCC(C)CCCC(C)CCC(CCC(C)CCCC(C)CCCC(C)CCCC(C)C)OC(=O)CCCCCN(C)C.CC(C)CCCC(C)CCCC(C)CCCC(C)CCC(O)CCC(C)CCCC(C)CCCC(C)CCCC(C)C.CCOC(=O)CCCCCN(C)C.CCOC(=O)CCCCCO.CCOC(=O)CCCCCOS(C)(=O)=O.C[NH+](C)CCCCCC(=O)O.[Cl-]. The molecule has 0 aromatic carbocycles. The smallest absolute Gasteiger partial charge is 0.306 e. The van der Waals surface area contributed by atoms with E-state index in [9.17, 15) is 37.5 Å². The highest BCUT2D eigenvalue weighted by Gasteiger charge is 2.21. The molecular weight excluding hydrogens is 1850 g/mol. The van der Waals surface area contributed by atoms with Crippen LogP contribution < -0.4 is 17.3 Å². The fourth-order valence-corrected chi connectivity index (χ4v) is 19.4. The Labute approximate surface area is 910 Å². The van der Waals surface area contributed by atoms with Gasteiger partial charge in [-0.2, -0.15) is 8.42 Å². The maximum absolute atomic E-state index is 12.9. The third kappa shape index (κ3) is 135. The molecule has 0 spiro atoms. The van der Waals surface area contributed by atoms with Gasteiger partial charge in [0.1, 0.15) is 6.10 Å². The normalized spacial score (nSPS) is 14.5. The van der Waals surface area contributed by atoms with Crippen molar-refractivity contribution in [1.82, 2.24) is 9.80 Å². The lowest BCUT2D eigenvalue weighted by atomic mass is 9.89. The molecule has 874 valence electrons. The fourth-order valence-electron chi connectivity index (χ4n) is 19.0. The number of nitrogens with one attached hydrogen (secondary N) is 1. The van der Waals surface area contributed by atoms with E-state index in [1.165, 1.54) is 262 Å². The predicted molar refractivity (Wildman–Crippen MR) is 621 cm³/mol. The van der Waals surface area contributed by atoms with E-state index in [0.29, 0.717) is 76.6 Å². The van der Waals surface area contributed by atoms with Gasteiger partial charge in [0.25, 0.3) is 10.1 Å². The van der Waals surface area contributed by atoms with E-state index >= 15 is 0 Å². The van der Waals surface area contributed by atoms with Crippen molar-refractivity contribution in [3.05, 3.63) is 0 Å². The summed E-state index contributed by atoms with van der Waals surface area (Å²) in [6.07, 6.45) is 76.3. The minimum atomic E-state index is -3.33. The third-order valence-corrected chi connectivity index (χ3v) is 29.7. The van der Waals surface area contributed by atoms with Crippen LogP contribution in [0.4, 0.5) is 0 Å². The molecule has 145 heavy (non-hydrogen) atoms. The van der Waals surface area contributed by atoms with Crippen LogP contribution in [0.1, 0.15) is 570 Å². The standard InChI is InChI=1S/C49H99NO2.C41H84O.C10H21NO2.C9H18O5S.C8H17NO2.C8H16O3.ClH/c1-40(2)22-16-24-42(5)26-18-28-44(7)30-20-32-46(9)35-37-48(52-49(51)34-14-13-15-39-50(11)12)38-36-47(10)33-21-31-45(8)29-19-27-43(6)25-17-23-41(3)4;1-33(2)17-11-19-35(5)21-13-23-37(7)25-15-27-39(9)29-31-41(42)32-30-40(10)28-16-26-38(8)24-14-22-36(6)20-12-18-34(3)4;1-4-13-10(12)8-6-5-7-9-11(2)3;1-3-13-9(10)7-5-4-6-8-14-15(2,11)12;1-9(2)7-5-3-4-6-8(10)11;1-2-11-8(10)6-4-3-5-7-9;/h40-48H,13-39H2,1-12H3;33-42H,11-32H2,1-10H3;4-9H2,1-3H3;3-8H2,1-2H3;3-7H2,1-2H3,(H,10,11);9H,2-7H2,1H3;1H. The topological polar surface area (TPSA) is 237 Å². The molecule has 12 unspecified atom stereocenters. The number of aliphatic hydroxyl groups is 2. The van der Waals surface area contributed by atoms with E-state index in [4.69, 9.17) is 29.2 Å². The van der Waals surface area contributed by atoms with Crippen LogP contribution in [0.15, 0.2) is 0 Å². The number of carboxylic acid groups (broad SMARTS) is 1. The average molecular weight is 2110 g/mol. The summed E-state index contributed by atoms with van der Waals surface area (Å²) < 4.78 is 46.2. The first-order valence-corrected chi connectivity index (χ1v) is 63.0. The largest absolute Gasteiger partial charge is 1.00 e. The van der Waals surface area contributed by atoms with Crippen molar-refractivity contribution in [2.24, 2.45) is 94.7 Å². The Morgan fingerprint density at radius 3 is 0.731 bits per heavy atom. The van der Waals surface area contributed by atoms with Gasteiger partial charge >= 0.3 is 29.8 Å². The number of carboxylic acids is 1. The number of hydrogen-bond acceptors (Lipinski definition) is 16. The molecule has 0 aliphatic carbocycles. The zero-order valence-electron chi connectivity index (χ0n) is 102. The van der Waals surface area contributed by atoms with Crippen molar-refractivity contribution in [2.75, 3.05) is 101 Å². The Morgan fingerprint density at radius 1 is 0.283 bits per heavy atom. The van der Waals surface area contributed by atoms with E-state index in [0.717, 1.165) is 218 Å². The van der Waals surface area contributed by atoms with Gasteiger partial charge in [0.05, 0.1) is 59.4 Å². The van der Waals surface area contributed by atoms with Crippen LogP contribution in [0.3, 0.4) is 0 Å². The molecule has 0 amide bonds. The molecule has 0 aromatic rings. The number of carbonyl (C=O) groups excluding carboxylic acids is 4. The summed E-state index contributed by atoms with van der Waals surface area (Å²) in [6, 6.07) is 0. The molecule has 4 N–H and O–H groups in total. The maximum Gasteiger partial charge on any atom is 0.306 e. The van der Waals surface area contributed by atoms with Gasteiger partial charge in [-0.1, -0.05) is 395 Å². The Balaban J connectivity index is -0.000000357. The predicted octanol–water partition coefficient (Wildman–Crippen LogP) is 30.4. The number of nitrogens with zero attached hydrogens (tertiary/aromatic N) is 2. The van der Waals surface area contributed by atoms with Gasteiger partial charge in [0.2, 0.25) is 0 Å². The van der Waals surface area contributed by atoms with Crippen LogP contribution in [0.2, 0.25) is 0 Å². The number of unbranched alkanes of at least 4 members (excludes halogenated alkanes) is 10.